The highest BCUT2D eigenvalue weighted by molar-refractivity contribution is 5.96. The molecule has 0 saturated heterocycles. The number of aryl methyl sites for hydroxylation is 1. The minimum absolute atomic E-state index is 0. The number of hydrogen-bond acceptors (Lipinski definition) is 6. The van der Waals surface area contributed by atoms with Gasteiger partial charge in [-0.05, 0) is 45.0 Å². The molecular formula is C23H39Cl3N8O. The van der Waals surface area contributed by atoms with Crippen molar-refractivity contribution in [2.45, 2.75) is 58.5 Å². The molecule has 1 heterocycles. The molecule has 0 bridgehead atoms. The third-order valence-electron chi connectivity index (χ3n) is 6.09. The molecule has 6 N–H and O–H groups in total. The lowest BCUT2D eigenvalue weighted by molar-refractivity contribution is 0.0939. The van der Waals surface area contributed by atoms with Crippen molar-refractivity contribution in [2.24, 2.45) is 5.73 Å². The highest BCUT2D eigenvalue weighted by atomic mass is 35.5. The van der Waals surface area contributed by atoms with E-state index in [0.717, 1.165) is 61.8 Å². The topological polar surface area (TPSA) is 132 Å². The normalized spacial score (nSPS) is 16.9. The fraction of sp³-hybridized carbons (Fsp3) is 0.565. The number of nitrogens with two attached hydrogens (primary N) is 1. The van der Waals surface area contributed by atoms with Gasteiger partial charge < -0.3 is 26.6 Å². The zero-order valence-corrected chi connectivity index (χ0v) is 23.0. The number of carbonyl (C=O) groups is 1. The second kappa shape index (κ2) is 15.8. The van der Waals surface area contributed by atoms with E-state index in [4.69, 9.17) is 11.1 Å². The lowest BCUT2D eigenvalue weighted by atomic mass is 9.90. The first-order valence-electron chi connectivity index (χ1n) is 11.6. The molecule has 3 rings (SSSR count). The highest BCUT2D eigenvalue weighted by Crippen LogP contribution is 2.27. The highest BCUT2D eigenvalue weighted by Gasteiger charge is 2.27. The van der Waals surface area contributed by atoms with Crippen LogP contribution in [0, 0.1) is 12.3 Å². The monoisotopic (exact) mass is 548 g/mol. The predicted molar refractivity (Wildman–Crippen MR) is 151 cm³/mol. The summed E-state index contributed by atoms with van der Waals surface area (Å²) in [4.78, 5) is 24.2. The first kappa shape index (κ1) is 32.9. The number of nitrogens with zero attached hydrogens (tertiary/aromatic N) is 3. The lowest BCUT2D eigenvalue weighted by Gasteiger charge is -2.33. The van der Waals surface area contributed by atoms with Gasteiger partial charge in [-0.1, -0.05) is 38.3 Å². The number of nitrogens with one attached hydrogen (secondary N) is 4. The molecule has 0 radical (unpaired) electrons. The van der Waals surface area contributed by atoms with Crippen LogP contribution < -0.4 is 21.7 Å². The molecule has 2 aromatic rings. The van der Waals surface area contributed by atoms with E-state index >= 15 is 0 Å². The first-order valence-corrected chi connectivity index (χ1v) is 11.6. The van der Waals surface area contributed by atoms with Gasteiger partial charge in [0, 0.05) is 30.6 Å². The van der Waals surface area contributed by atoms with Gasteiger partial charge in [0.2, 0.25) is 5.82 Å². The number of aromatic nitrogens is 2. The number of halogens is 3. The van der Waals surface area contributed by atoms with Crippen LogP contribution in [0.3, 0.4) is 0 Å². The molecule has 0 spiro atoms. The average Bonchev–Trinajstić information content (AvgIpc) is 2.77. The van der Waals surface area contributed by atoms with Gasteiger partial charge in [-0.15, -0.1) is 37.2 Å². The molecule has 1 aromatic carbocycles. The Morgan fingerprint density at radius 3 is 2.40 bits per heavy atom. The Hall–Kier alpha value is -2.07. The summed E-state index contributed by atoms with van der Waals surface area (Å²) in [6, 6.07) is 6.06. The summed E-state index contributed by atoms with van der Waals surface area (Å²) in [5.41, 5.74) is 7.43. The maximum atomic E-state index is 12.8. The van der Waals surface area contributed by atoms with Crippen molar-refractivity contribution < 1.29 is 4.79 Å². The van der Waals surface area contributed by atoms with E-state index < -0.39 is 0 Å². The molecule has 1 aromatic heterocycles. The molecule has 9 nitrogen and oxygen atoms in total. The van der Waals surface area contributed by atoms with Crippen LogP contribution >= 0.6 is 37.2 Å². The Kier molecular flexibility index (Phi) is 14.9. The first-order chi connectivity index (χ1) is 15.4. The van der Waals surface area contributed by atoms with Crippen molar-refractivity contribution >= 4 is 65.8 Å². The van der Waals surface area contributed by atoms with E-state index in [-0.39, 0.29) is 67.0 Å². The van der Waals surface area contributed by atoms with Gasteiger partial charge in [0.05, 0.1) is 5.52 Å². The Morgan fingerprint density at radius 2 is 1.77 bits per heavy atom. The molecule has 0 aliphatic heterocycles. The van der Waals surface area contributed by atoms with Gasteiger partial charge in [-0.2, -0.15) is 0 Å². The van der Waals surface area contributed by atoms with Crippen molar-refractivity contribution in [1.82, 2.24) is 25.5 Å². The number of fused-ring (bicyclic) bond motifs is 1. The second-order valence-corrected chi connectivity index (χ2v) is 8.40. The lowest BCUT2D eigenvalue weighted by Crippen LogP contribution is -2.50. The number of carbonyl (C=O) groups excluding carboxylic acids is 1. The molecule has 1 fully saturated rings. The summed E-state index contributed by atoms with van der Waals surface area (Å²) in [6.45, 7) is 9.47. The van der Waals surface area contributed by atoms with Crippen LogP contribution in [0.1, 0.15) is 55.7 Å². The summed E-state index contributed by atoms with van der Waals surface area (Å²) in [7, 11) is 0. The number of amides is 1. The van der Waals surface area contributed by atoms with Gasteiger partial charge in [-0.3, -0.25) is 10.2 Å². The predicted octanol–water partition coefficient (Wildman–Crippen LogP) is 3.48. The number of hydrogen-bond donors (Lipinski definition) is 5. The Morgan fingerprint density at radius 1 is 1.11 bits per heavy atom. The fourth-order valence-electron chi connectivity index (χ4n) is 4.25. The molecule has 1 amide bonds. The number of guanidine groups is 1. The molecular weight excluding hydrogens is 511 g/mol. The van der Waals surface area contributed by atoms with Crippen molar-refractivity contribution in [2.75, 3.05) is 31.5 Å². The Labute approximate surface area is 226 Å². The average molecular weight is 550 g/mol. The van der Waals surface area contributed by atoms with Gasteiger partial charge in [0.15, 0.2) is 5.96 Å². The zero-order valence-electron chi connectivity index (χ0n) is 20.6. The Bertz CT molecular complexity index is 958. The summed E-state index contributed by atoms with van der Waals surface area (Å²) in [6.07, 6.45) is 4.05. The van der Waals surface area contributed by atoms with Crippen LogP contribution in [-0.4, -0.2) is 65.0 Å². The van der Waals surface area contributed by atoms with Crippen molar-refractivity contribution in [3.8, 4) is 0 Å². The molecule has 1 aliphatic carbocycles. The van der Waals surface area contributed by atoms with E-state index in [1.165, 1.54) is 0 Å². The van der Waals surface area contributed by atoms with Crippen LogP contribution in [-0.2, 0) is 0 Å². The standard InChI is InChI=1S/C23H36N8O.3ClH/c1-4-31(5-2)13-12-26-22(32)21-27-17-11-10-15(3)14-16(17)20(30-21)28-18-8-6-7-9-19(18)29-23(24)25;;;/h10-11,14,18-19H,4-9,12-13H2,1-3H3,(H,26,32)(H4,24,25,29)(H,27,28,30);3*1H/t18-,19+;;;/m0.../s1. The minimum atomic E-state index is -0.273. The van der Waals surface area contributed by atoms with Crippen molar-refractivity contribution in [3.05, 3.63) is 29.6 Å². The van der Waals surface area contributed by atoms with E-state index in [2.05, 4.69) is 44.7 Å². The Balaban J connectivity index is 0.00000385. The van der Waals surface area contributed by atoms with E-state index in [9.17, 15) is 4.79 Å². The zero-order chi connectivity index (χ0) is 23.1. The smallest absolute Gasteiger partial charge is 0.289 e. The van der Waals surface area contributed by atoms with E-state index in [1.807, 2.05) is 25.1 Å². The quantitative estimate of drug-likeness (QED) is 0.239. The number of benzene rings is 1. The molecule has 35 heavy (non-hydrogen) atoms. The van der Waals surface area contributed by atoms with Gasteiger partial charge >= 0.3 is 0 Å². The largest absolute Gasteiger partial charge is 0.370 e. The minimum Gasteiger partial charge on any atom is -0.370 e. The van der Waals surface area contributed by atoms with Crippen molar-refractivity contribution in [3.63, 3.8) is 0 Å². The van der Waals surface area contributed by atoms with Crippen LogP contribution in [0.25, 0.3) is 10.9 Å². The maximum absolute atomic E-state index is 12.8. The van der Waals surface area contributed by atoms with Gasteiger partial charge in [0.1, 0.15) is 5.82 Å². The summed E-state index contributed by atoms with van der Waals surface area (Å²) in [5.74, 6) is 0.509. The molecule has 0 unspecified atom stereocenters. The van der Waals surface area contributed by atoms with Crippen LogP contribution in [0.2, 0.25) is 0 Å². The fourth-order valence-corrected chi connectivity index (χ4v) is 4.25. The third kappa shape index (κ3) is 9.14. The van der Waals surface area contributed by atoms with E-state index in [1.54, 1.807) is 0 Å². The van der Waals surface area contributed by atoms with Crippen LogP contribution in [0.5, 0.6) is 0 Å². The van der Waals surface area contributed by atoms with Gasteiger partial charge in [0.25, 0.3) is 5.91 Å². The number of likely N-dealkylation sites (N-methyl/N-ethyl adjacent to an activating group) is 1. The van der Waals surface area contributed by atoms with Crippen LogP contribution in [0.4, 0.5) is 5.82 Å². The number of rotatable bonds is 9. The van der Waals surface area contributed by atoms with Crippen LogP contribution in [0.15, 0.2) is 18.2 Å². The summed E-state index contributed by atoms with van der Waals surface area (Å²) >= 11 is 0. The molecule has 2 atom stereocenters. The SMILES string of the molecule is CCN(CC)CCNC(=O)c1nc(N[C@H]2CCCC[C@H]2NC(=N)N)c2cc(C)ccc2n1.Cl.Cl.Cl. The maximum Gasteiger partial charge on any atom is 0.289 e. The number of anilines is 1. The molecule has 198 valence electrons. The molecule has 1 aliphatic rings. The molecule has 12 heteroatoms. The van der Waals surface area contributed by atoms with Gasteiger partial charge in [-0.25, -0.2) is 9.97 Å². The second-order valence-electron chi connectivity index (χ2n) is 8.40. The van der Waals surface area contributed by atoms with Crippen molar-refractivity contribution in [1.29, 1.82) is 5.41 Å². The van der Waals surface area contributed by atoms with E-state index in [0.29, 0.717) is 12.4 Å². The molecule has 1 saturated carbocycles. The third-order valence-corrected chi connectivity index (χ3v) is 6.09. The summed E-state index contributed by atoms with van der Waals surface area (Å²) < 4.78 is 0. The summed E-state index contributed by atoms with van der Waals surface area (Å²) in [5, 5.41) is 18.1.